The first kappa shape index (κ1) is 49.6. The van der Waals surface area contributed by atoms with Gasteiger partial charge in [-0.05, 0) is 124 Å². The standard InChI is InChI=1S/C61H53N5.2C2H6/c1-4-6-32-57(44(3)62)65(43-45-23-13-9-14-24-45)59-39-36-51(42-63-59)49-35-38-53-54(46-25-17-10-18-26-46)41-50(60(55(53)40-49)47-27-19-11-20-28-47)34-37-52(5-2)66-58-33-22-12-21-31-56(58)64-61(66)48-29-15-7-8-16-30-48;2*1-2/h4-11,13-15,17-40,42H,1-2,12,16,41,43,62H2,3H3;2*1-2H3/b32-6-,50-34+,52-37+,57-44-;;. The molecular formula is C65H65N5. The fraction of sp³-hybridized carbons (Fsp3) is 0.138. The van der Waals surface area contributed by atoms with Crippen LogP contribution in [0, 0.1) is 0 Å². The van der Waals surface area contributed by atoms with Gasteiger partial charge in [0.25, 0.3) is 0 Å². The third kappa shape index (κ3) is 11.3. The Morgan fingerprint density at radius 3 is 2.11 bits per heavy atom. The van der Waals surface area contributed by atoms with Crippen molar-refractivity contribution in [3.8, 4) is 11.1 Å². The molecule has 0 fully saturated rings. The molecule has 2 N–H and O–H groups in total. The number of anilines is 1. The minimum atomic E-state index is 0.604. The number of aromatic nitrogens is 3. The smallest absolute Gasteiger partial charge is 0.145 e. The first-order chi connectivity index (χ1) is 34.5. The number of fused-ring (bicyclic) bond motifs is 2. The molecule has 0 unspecified atom stereocenters. The Morgan fingerprint density at radius 1 is 0.729 bits per heavy atom. The highest BCUT2D eigenvalue weighted by atomic mass is 15.2. The summed E-state index contributed by atoms with van der Waals surface area (Å²) in [4.78, 5) is 12.5. The van der Waals surface area contributed by atoms with E-state index in [9.17, 15) is 0 Å². The summed E-state index contributed by atoms with van der Waals surface area (Å²) in [5.41, 5.74) is 21.4. The lowest BCUT2D eigenvalue weighted by atomic mass is 9.82. The molecule has 3 aliphatic carbocycles. The van der Waals surface area contributed by atoms with Crippen LogP contribution in [0.15, 0.2) is 237 Å². The minimum absolute atomic E-state index is 0.604. The van der Waals surface area contributed by atoms with Gasteiger partial charge in [0.2, 0.25) is 0 Å². The van der Waals surface area contributed by atoms with Gasteiger partial charge in [0.05, 0.1) is 17.1 Å². The highest BCUT2D eigenvalue weighted by Gasteiger charge is 2.22. The molecule has 2 heterocycles. The molecule has 0 saturated heterocycles. The van der Waals surface area contributed by atoms with Crippen LogP contribution in [0.2, 0.25) is 0 Å². The van der Waals surface area contributed by atoms with Gasteiger partial charge in [0.1, 0.15) is 11.6 Å². The molecule has 5 nitrogen and oxygen atoms in total. The second-order valence-electron chi connectivity index (χ2n) is 16.4. The number of nitrogens with zero attached hydrogens (tertiary/aromatic N) is 4. The van der Waals surface area contributed by atoms with Crippen molar-refractivity contribution in [2.24, 2.45) is 5.73 Å². The van der Waals surface area contributed by atoms with Crippen LogP contribution in [-0.2, 0) is 6.54 Å². The van der Waals surface area contributed by atoms with Crippen LogP contribution in [-0.4, -0.2) is 14.5 Å². The Bertz CT molecular complexity index is 3200. The van der Waals surface area contributed by atoms with E-state index in [2.05, 4.69) is 205 Å². The zero-order valence-corrected chi connectivity index (χ0v) is 41.4. The molecule has 0 atom stereocenters. The maximum atomic E-state index is 6.52. The summed E-state index contributed by atoms with van der Waals surface area (Å²) in [6, 6.07) is 43.1. The van der Waals surface area contributed by atoms with E-state index in [4.69, 9.17) is 15.7 Å². The number of hydrogen-bond donors (Lipinski definition) is 1. The molecule has 0 spiro atoms. The second kappa shape index (κ2) is 24.7. The number of pyridine rings is 1. The predicted octanol–water partition coefficient (Wildman–Crippen LogP) is 14.7. The molecule has 2 aromatic heterocycles. The topological polar surface area (TPSA) is 60.0 Å². The highest BCUT2D eigenvalue weighted by molar-refractivity contribution is 5.88. The van der Waals surface area contributed by atoms with Gasteiger partial charge >= 0.3 is 0 Å². The average molecular weight is 916 g/mol. The van der Waals surface area contributed by atoms with E-state index in [0.29, 0.717) is 12.2 Å². The third-order valence-corrected chi connectivity index (χ3v) is 12.1. The Morgan fingerprint density at radius 2 is 1.43 bits per heavy atom. The first-order valence-corrected chi connectivity index (χ1v) is 24.6. The molecule has 4 aromatic carbocycles. The van der Waals surface area contributed by atoms with Crippen molar-refractivity contribution in [3.05, 3.63) is 281 Å². The fourth-order valence-electron chi connectivity index (χ4n) is 8.88. The van der Waals surface area contributed by atoms with Gasteiger partial charge in [-0.2, -0.15) is 0 Å². The van der Waals surface area contributed by atoms with E-state index >= 15 is 0 Å². The SMILES string of the molecule is C=C/C=C\C(=C(/C)N)N(Cc1ccccc1)c1ccc(-c2ccc3c(c2)=C(c2ccccc2)/C(=C/C=C(\C=C)n2c(C4=CCC=CC=C4)nc4c2C=CCC=C4)CC=3c2ccccc2)cn1.CC.CC. The van der Waals surface area contributed by atoms with Crippen LogP contribution in [0.1, 0.15) is 87.8 Å². The van der Waals surface area contributed by atoms with Gasteiger partial charge in [-0.1, -0.05) is 205 Å². The third-order valence-electron chi connectivity index (χ3n) is 12.1. The van der Waals surface area contributed by atoms with Crippen molar-refractivity contribution in [1.82, 2.24) is 14.5 Å². The van der Waals surface area contributed by atoms with Gasteiger partial charge in [-0.3, -0.25) is 4.57 Å². The second-order valence-corrected chi connectivity index (χ2v) is 16.4. The molecule has 70 heavy (non-hydrogen) atoms. The van der Waals surface area contributed by atoms with E-state index in [-0.39, 0.29) is 0 Å². The van der Waals surface area contributed by atoms with Crippen molar-refractivity contribution >= 4 is 40.4 Å². The van der Waals surface area contributed by atoms with Crippen molar-refractivity contribution in [2.45, 2.75) is 60.4 Å². The van der Waals surface area contributed by atoms with Gasteiger partial charge in [-0.15, -0.1) is 0 Å². The molecule has 5 heteroatoms. The Kier molecular flexibility index (Phi) is 17.5. The lowest BCUT2D eigenvalue weighted by molar-refractivity contribution is 0.893. The largest absolute Gasteiger partial charge is 0.401 e. The zero-order valence-electron chi connectivity index (χ0n) is 41.4. The molecule has 0 amide bonds. The number of nitrogens with two attached hydrogens (primary N) is 1. The number of rotatable bonds is 13. The molecule has 350 valence electrons. The summed E-state index contributed by atoms with van der Waals surface area (Å²) in [6.45, 7) is 18.8. The lowest BCUT2D eigenvalue weighted by Gasteiger charge is -2.26. The quantitative estimate of drug-likeness (QED) is 0.117. The van der Waals surface area contributed by atoms with Crippen molar-refractivity contribution in [2.75, 3.05) is 4.90 Å². The van der Waals surface area contributed by atoms with Crippen LogP contribution in [0.5, 0.6) is 0 Å². The number of allylic oxidation sites excluding steroid dienone is 17. The van der Waals surface area contributed by atoms with Gasteiger partial charge < -0.3 is 10.6 Å². The van der Waals surface area contributed by atoms with Crippen LogP contribution in [0.3, 0.4) is 0 Å². The predicted molar refractivity (Wildman–Crippen MR) is 301 cm³/mol. The van der Waals surface area contributed by atoms with Crippen molar-refractivity contribution < 1.29 is 0 Å². The minimum Gasteiger partial charge on any atom is -0.401 e. The maximum absolute atomic E-state index is 6.52. The number of benzene rings is 4. The van der Waals surface area contributed by atoms with Crippen molar-refractivity contribution in [3.63, 3.8) is 0 Å². The van der Waals surface area contributed by atoms with Gasteiger partial charge in [0.15, 0.2) is 0 Å². The molecule has 0 aliphatic heterocycles. The summed E-state index contributed by atoms with van der Waals surface area (Å²) >= 11 is 0. The van der Waals surface area contributed by atoms with Crippen LogP contribution in [0.25, 0.3) is 45.7 Å². The Balaban J connectivity index is 0.00000176. The molecular weight excluding hydrogens is 851 g/mol. The summed E-state index contributed by atoms with van der Waals surface area (Å²) in [5, 5.41) is 2.39. The molecule has 0 radical (unpaired) electrons. The highest BCUT2D eigenvalue weighted by Crippen LogP contribution is 2.34. The summed E-state index contributed by atoms with van der Waals surface area (Å²) in [7, 11) is 0. The van der Waals surface area contributed by atoms with Crippen molar-refractivity contribution in [1.29, 1.82) is 0 Å². The molecule has 9 rings (SSSR count). The zero-order chi connectivity index (χ0) is 49.2. The average Bonchev–Trinajstić information content (AvgIpc) is 3.59. The van der Waals surface area contributed by atoms with E-state index in [1.807, 2.05) is 65.1 Å². The van der Waals surface area contributed by atoms with Crippen LogP contribution in [0.4, 0.5) is 5.82 Å². The van der Waals surface area contributed by atoms with E-state index in [1.165, 1.54) is 32.7 Å². The van der Waals surface area contributed by atoms with Gasteiger partial charge in [-0.25, -0.2) is 9.97 Å². The number of hydrogen-bond acceptors (Lipinski definition) is 4. The normalized spacial score (nSPS) is 14.8. The summed E-state index contributed by atoms with van der Waals surface area (Å²) in [5.74, 6) is 1.69. The van der Waals surface area contributed by atoms with E-state index < -0.39 is 0 Å². The maximum Gasteiger partial charge on any atom is 0.145 e. The van der Waals surface area contributed by atoms with Crippen LogP contribution >= 0.6 is 0 Å². The number of imidazole rings is 1. The lowest BCUT2D eigenvalue weighted by Crippen LogP contribution is -2.34. The monoisotopic (exact) mass is 916 g/mol. The van der Waals surface area contributed by atoms with E-state index in [0.717, 1.165) is 81.5 Å². The van der Waals surface area contributed by atoms with E-state index in [1.54, 1.807) is 6.08 Å². The molecule has 0 saturated carbocycles. The van der Waals surface area contributed by atoms with Gasteiger partial charge in [0, 0.05) is 35.3 Å². The Labute approximate surface area is 416 Å². The molecule has 0 bridgehead atoms. The summed E-state index contributed by atoms with van der Waals surface area (Å²) < 4.78 is 2.26. The molecule has 6 aromatic rings. The Hall–Kier alpha value is -8.28. The molecule has 3 aliphatic rings. The summed E-state index contributed by atoms with van der Waals surface area (Å²) in [6.07, 6.45) is 36.0. The van der Waals surface area contributed by atoms with Crippen LogP contribution < -0.4 is 21.1 Å². The fourth-order valence-corrected chi connectivity index (χ4v) is 8.88. The first-order valence-electron chi connectivity index (χ1n) is 24.6.